The highest BCUT2D eigenvalue weighted by Crippen LogP contribution is 2.45. The standard InChI is InChI=1S/C28H24F4O4/c1-15(2)20-13-22-25(21(33)14-27(3,4)36-22)23(16-5-9-18(29)10-6-16)24(20)26(34)17-7-11-19(12-8-17)35-28(30,31)32/h5-13,15H,14H2,1-4H3. The van der Waals surface area contributed by atoms with E-state index in [1.807, 2.05) is 13.8 Å². The summed E-state index contributed by atoms with van der Waals surface area (Å²) in [6.45, 7) is 7.35. The van der Waals surface area contributed by atoms with Gasteiger partial charge in [-0.25, -0.2) is 4.39 Å². The SMILES string of the molecule is CC(C)c1cc2c(c(-c3ccc(F)cc3)c1C(=O)c1ccc(OC(F)(F)F)cc1)C(=O)CC(C)(C)O2. The number of alkyl halides is 3. The molecule has 0 spiro atoms. The Kier molecular flexibility index (Phi) is 6.41. The van der Waals surface area contributed by atoms with Crippen LogP contribution < -0.4 is 9.47 Å². The second-order valence-corrected chi connectivity index (χ2v) is 9.61. The van der Waals surface area contributed by atoms with Crippen molar-refractivity contribution in [3.63, 3.8) is 0 Å². The van der Waals surface area contributed by atoms with Gasteiger partial charge in [0.15, 0.2) is 11.6 Å². The van der Waals surface area contributed by atoms with Gasteiger partial charge in [-0.15, -0.1) is 13.2 Å². The van der Waals surface area contributed by atoms with E-state index < -0.39 is 29.3 Å². The summed E-state index contributed by atoms with van der Waals surface area (Å²) in [7, 11) is 0. The van der Waals surface area contributed by atoms with Gasteiger partial charge in [0.25, 0.3) is 0 Å². The third-order valence-corrected chi connectivity index (χ3v) is 5.91. The fourth-order valence-electron chi connectivity index (χ4n) is 4.40. The van der Waals surface area contributed by atoms with Crippen molar-refractivity contribution in [3.05, 3.63) is 82.7 Å². The minimum Gasteiger partial charge on any atom is -0.487 e. The molecule has 4 nitrogen and oxygen atoms in total. The van der Waals surface area contributed by atoms with E-state index in [0.717, 1.165) is 12.1 Å². The summed E-state index contributed by atoms with van der Waals surface area (Å²) in [6.07, 6.45) is -4.79. The Bertz CT molecular complexity index is 1320. The van der Waals surface area contributed by atoms with E-state index in [-0.39, 0.29) is 34.8 Å². The van der Waals surface area contributed by atoms with Crippen molar-refractivity contribution in [3.8, 4) is 22.6 Å². The van der Waals surface area contributed by atoms with Crippen LogP contribution in [0.2, 0.25) is 0 Å². The predicted molar refractivity (Wildman–Crippen MR) is 126 cm³/mol. The lowest BCUT2D eigenvalue weighted by molar-refractivity contribution is -0.274. The van der Waals surface area contributed by atoms with Gasteiger partial charge in [-0.1, -0.05) is 26.0 Å². The molecule has 0 atom stereocenters. The van der Waals surface area contributed by atoms with Crippen LogP contribution in [0.3, 0.4) is 0 Å². The van der Waals surface area contributed by atoms with E-state index in [2.05, 4.69) is 4.74 Å². The first-order chi connectivity index (χ1) is 16.8. The first-order valence-electron chi connectivity index (χ1n) is 11.4. The topological polar surface area (TPSA) is 52.6 Å². The number of halogens is 4. The van der Waals surface area contributed by atoms with Crippen LogP contribution in [0.15, 0.2) is 54.6 Å². The van der Waals surface area contributed by atoms with Gasteiger partial charge in [0.05, 0.1) is 12.0 Å². The summed E-state index contributed by atoms with van der Waals surface area (Å²) >= 11 is 0. The number of carbonyl (C=O) groups is 2. The molecule has 36 heavy (non-hydrogen) atoms. The molecular formula is C28H24F4O4. The molecule has 188 valence electrons. The molecule has 0 aliphatic carbocycles. The second-order valence-electron chi connectivity index (χ2n) is 9.61. The van der Waals surface area contributed by atoms with Crippen molar-refractivity contribution in [2.24, 2.45) is 0 Å². The molecule has 0 aromatic heterocycles. The summed E-state index contributed by atoms with van der Waals surface area (Å²) < 4.78 is 61.5. The summed E-state index contributed by atoms with van der Waals surface area (Å²) in [5.41, 5.74) is 1.17. The number of benzene rings is 3. The number of hydrogen-bond donors (Lipinski definition) is 0. The van der Waals surface area contributed by atoms with E-state index >= 15 is 0 Å². The van der Waals surface area contributed by atoms with Gasteiger partial charge in [-0.3, -0.25) is 9.59 Å². The molecule has 0 bridgehead atoms. The lowest BCUT2D eigenvalue weighted by atomic mass is 9.79. The smallest absolute Gasteiger partial charge is 0.487 e. The van der Waals surface area contributed by atoms with E-state index in [1.54, 1.807) is 19.9 Å². The van der Waals surface area contributed by atoms with Crippen LogP contribution in [-0.4, -0.2) is 23.5 Å². The molecule has 8 heteroatoms. The lowest BCUT2D eigenvalue weighted by Gasteiger charge is -2.34. The first kappa shape index (κ1) is 25.4. The lowest BCUT2D eigenvalue weighted by Crippen LogP contribution is -2.36. The second kappa shape index (κ2) is 9.08. The Balaban J connectivity index is 1.96. The quantitative estimate of drug-likeness (QED) is 0.269. The molecule has 3 aromatic carbocycles. The summed E-state index contributed by atoms with van der Waals surface area (Å²) in [6, 6.07) is 11.7. The first-order valence-corrected chi connectivity index (χ1v) is 11.4. The average molecular weight is 500 g/mol. The molecule has 3 aromatic rings. The van der Waals surface area contributed by atoms with Crippen LogP contribution in [0.1, 0.15) is 71.9 Å². The Morgan fingerprint density at radius 2 is 1.61 bits per heavy atom. The Hall–Kier alpha value is -3.68. The van der Waals surface area contributed by atoms with Crippen molar-refractivity contribution in [2.45, 2.75) is 52.0 Å². The molecule has 0 amide bonds. The van der Waals surface area contributed by atoms with E-state index in [1.165, 1.54) is 36.4 Å². The maximum Gasteiger partial charge on any atom is 0.573 e. The van der Waals surface area contributed by atoms with Crippen molar-refractivity contribution >= 4 is 11.6 Å². The molecule has 0 saturated carbocycles. The zero-order valence-corrected chi connectivity index (χ0v) is 20.1. The van der Waals surface area contributed by atoms with Gasteiger partial charge >= 0.3 is 6.36 Å². The number of Topliss-reactive ketones (excluding diaryl/α,β-unsaturated/α-hetero) is 1. The van der Waals surface area contributed by atoms with Crippen LogP contribution in [-0.2, 0) is 0 Å². The highest BCUT2D eigenvalue weighted by molar-refractivity contribution is 6.18. The summed E-state index contributed by atoms with van der Waals surface area (Å²) in [4.78, 5) is 27.2. The zero-order chi connectivity index (χ0) is 26.4. The maximum absolute atomic E-state index is 13.9. The van der Waals surface area contributed by atoms with Crippen LogP contribution in [0, 0.1) is 5.82 Å². The third kappa shape index (κ3) is 5.12. The fourth-order valence-corrected chi connectivity index (χ4v) is 4.40. The van der Waals surface area contributed by atoms with Crippen LogP contribution in [0.25, 0.3) is 11.1 Å². The van der Waals surface area contributed by atoms with Crippen LogP contribution in [0.5, 0.6) is 11.5 Å². The Morgan fingerprint density at radius 3 is 2.17 bits per heavy atom. The highest BCUT2D eigenvalue weighted by atomic mass is 19.4. The highest BCUT2D eigenvalue weighted by Gasteiger charge is 2.38. The van der Waals surface area contributed by atoms with Gasteiger partial charge < -0.3 is 9.47 Å². The van der Waals surface area contributed by atoms with Crippen molar-refractivity contribution in [2.75, 3.05) is 0 Å². The van der Waals surface area contributed by atoms with Gasteiger partial charge in [0.1, 0.15) is 22.9 Å². The maximum atomic E-state index is 13.9. The number of rotatable bonds is 5. The van der Waals surface area contributed by atoms with E-state index in [0.29, 0.717) is 22.4 Å². The largest absolute Gasteiger partial charge is 0.573 e. The van der Waals surface area contributed by atoms with Crippen LogP contribution in [0.4, 0.5) is 17.6 Å². The van der Waals surface area contributed by atoms with Crippen molar-refractivity contribution in [1.82, 2.24) is 0 Å². The number of carbonyl (C=O) groups excluding carboxylic acids is 2. The van der Waals surface area contributed by atoms with Gasteiger partial charge in [-0.05, 0) is 73.4 Å². The molecule has 0 saturated heterocycles. The molecule has 4 rings (SSSR count). The van der Waals surface area contributed by atoms with E-state index in [9.17, 15) is 27.2 Å². The zero-order valence-electron chi connectivity index (χ0n) is 20.1. The monoisotopic (exact) mass is 500 g/mol. The number of ether oxygens (including phenoxy) is 2. The van der Waals surface area contributed by atoms with Gasteiger partial charge in [0, 0.05) is 16.7 Å². The summed E-state index contributed by atoms with van der Waals surface area (Å²) in [5.74, 6) is -1.49. The molecule has 0 N–H and O–H groups in total. The van der Waals surface area contributed by atoms with Crippen molar-refractivity contribution in [1.29, 1.82) is 0 Å². The normalized spacial score (nSPS) is 14.9. The molecule has 0 unspecified atom stereocenters. The third-order valence-electron chi connectivity index (χ3n) is 5.91. The molecule has 0 radical (unpaired) electrons. The Labute approximate surface area is 205 Å². The predicted octanol–water partition coefficient (Wildman–Crippen LogP) is 7.49. The number of hydrogen-bond acceptors (Lipinski definition) is 4. The van der Waals surface area contributed by atoms with Crippen molar-refractivity contribution < 1.29 is 36.6 Å². The minimum atomic E-state index is -4.86. The summed E-state index contributed by atoms with van der Waals surface area (Å²) in [5, 5.41) is 0. The number of fused-ring (bicyclic) bond motifs is 1. The molecule has 1 heterocycles. The van der Waals surface area contributed by atoms with Gasteiger partial charge in [0.2, 0.25) is 0 Å². The molecule has 1 aliphatic rings. The molecular weight excluding hydrogens is 476 g/mol. The van der Waals surface area contributed by atoms with Crippen LogP contribution >= 0.6 is 0 Å². The fraction of sp³-hybridized carbons (Fsp3) is 0.286. The van der Waals surface area contributed by atoms with Gasteiger partial charge in [-0.2, -0.15) is 0 Å². The minimum absolute atomic E-state index is 0.0757. The molecule has 1 aliphatic heterocycles. The average Bonchev–Trinajstić information content (AvgIpc) is 2.76. The Morgan fingerprint density at radius 1 is 1.00 bits per heavy atom. The van der Waals surface area contributed by atoms with E-state index in [4.69, 9.17) is 4.74 Å². The number of ketones is 2. The molecule has 0 fully saturated rings.